The molecular formula is C25H33N3O6S. The van der Waals surface area contributed by atoms with Crippen molar-refractivity contribution in [2.24, 2.45) is 22.4 Å². The molecule has 0 unspecified atom stereocenters. The lowest BCUT2D eigenvalue weighted by atomic mass is 9.73. The zero-order valence-corrected chi connectivity index (χ0v) is 20.4. The van der Waals surface area contributed by atoms with Gasteiger partial charge in [0.1, 0.15) is 11.5 Å². The quantitative estimate of drug-likeness (QED) is 0.143. The molecule has 10 heteroatoms. The van der Waals surface area contributed by atoms with Gasteiger partial charge in [0.2, 0.25) is 0 Å². The van der Waals surface area contributed by atoms with Gasteiger partial charge in [0, 0.05) is 0 Å². The lowest BCUT2D eigenvalue weighted by molar-refractivity contribution is 0.228. The normalized spacial score (nSPS) is 19.6. The maximum atomic E-state index is 12.2. The summed E-state index contributed by atoms with van der Waals surface area (Å²) in [6.45, 7) is 2.09. The van der Waals surface area contributed by atoms with Gasteiger partial charge in [-0.1, -0.05) is 37.3 Å². The SMILES string of the molecule is C[C@@H]1CCc2cc(OCN=C(N)N)ccc2[C@H]1C[C@H](C/C=C/[C@@H](O)c1ccc(O)cc1)S(=O)(=O)O. The van der Waals surface area contributed by atoms with E-state index in [0.29, 0.717) is 11.3 Å². The molecule has 0 fully saturated rings. The van der Waals surface area contributed by atoms with Crippen LogP contribution in [-0.2, 0) is 16.5 Å². The average Bonchev–Trinajstić information content (AvgIpc) is 2.79. The van der Waals surface area contributed by atoms with Crippen LogP contribution in [0.1, 0.15) is 54.9 Å². The molecule has 1 aliphatic carbocycles. The number of hydrogen-bond acceptors (Lipinski definition) is 6. The van der Waals surface area contributed by atoms with Crippen molar-refractivity contribution >= 4 is 16.1 Å². The van der Waals surface area contributed by atoms with Gasteiger partial charge < -0.3 is 26.4 Å². The molecule has 0 aromatic heterocycles. The Bertz CT molecular complexity index is 1160. The van der Waals surface area contributed by atoms with E-state index in [9.17, 15) is 23.2 Å². The number of aliphatic imine (C=N–C) groups is 1. The Hall–Kier alpha value is -3.08. The second kappa shape index (κ2) is 11.6. The Morgan fingerprint density at radius 3 is 2.60 bits per heavy atom. The van der Waals surface area contributed by atoms with Crippen LogP contribution in [0.4, 0.5) is 0 Å². The number of fused-ring (bicyclic) bond motifs is 1. The van der Waals surface area contributed by atoms with Gasteiger partial charge >= 0.3 is 0 Å². The topological polar surface area (TPSA) is 168 Å². The smallest absolute Gasteiger partial charge is 0.268 e. The number of ether oxygens (including phenoxy) is 1. The molecule has 0 spiro atoms. The number of nitrogens with zero attached hydrogens (tertiary/aromatic N) is 1. The van der Waals surface area contributed by atoms with Crippen molar-refractivity contribution in [3.8, 4) is 11.5 Å². The summed E-state index contributed by atoms with van der Waals surface area (Å²) in [6.07, 6.45) is 4.13. The van der Waals surface area contributed by atoms with Gasteiger partial charge in [-0.2, -0.15) is 8.42 Å². The molecule has 0 saturated carbocycles. The highest BCUT2D eigenvalue weighted by molar-refractivity contribution is 7.86. The standard InChI is InChI=1S/C25H33N3O6S/c1-16-5-6-18-13-20(34-15-28-25(26)27)11-12-22(18)23(16)14-21(35(31,32)33)3-2-4-24(30)17-7-9-19(29)10-8-17/h2,4,7-13,16,21,23-24,29-30H,3,5-6,14-15H2,1H3,(H4,26,27,28)(H,31,32,33)/b4-2+/t16-,21+,23+,24-/m1/s1. The number of nitrogens with two attached hydrogens (primary N) is 2. The van der Waals surface area contributed by atoms with E-state index >= 15 is 0 Å². The van der Waals surface area contributed by atoms with Crippen LogP contribution >= 0.6 is 0 Å². The molecule has 0 radical (unpaired) electrons. The fourth-order valence-corrected chi connectivity index (χ4v) is 5.25. The molecular weight excluding hydrogens is 470 g/mol. The Morgan fingerprint density at radius 1 is 1.23 bits per heavy atom. The summed E-state index contributed by atoms with van der Waals surface area (Å²) in [6, 6.07) is 11.8. The lowest BCUT2D eigenvalue weighted by Crippen LogP contribution is -2.28. The molecule has 4 atom stereocenters. The van der Waals surface area contributed by atoms with Gasteiger partial charge in [-0.15, -0.1) is 0 Å². The monoisotopic (exact) mass is 503 g/mol. The van der Waals surface area contributed by atoms with E-state index in [-0.39, 0.29) is 43.1 Å². The number of aliphatic hydroxyl groups is 1. The van der Waals surface area contributed by atoms with Gasteiger partial charge in [-0.25, -0.2) is 4.99 Å². The first kappa shape index (κ1) is 26.5. The van der Waals surface area contributed by atoms with Crippen LogP contribution in [0.15, 0.2) is 59.6 Å². The highest BCUT2D eigenvalue weighted by Gasteiger charge is 2.33. The molecule has 0 bridgehead atoms. The van der Waals surface area contributed by atoms with Gasteiger partial charge in [0.15, 0.2) is 12.7 Å². The van der Waals surface area contributed by atoms with E-state index in [2.05, 4.69) is 11.9 Å². The molecule has 0 amide bonds. The lowest BCUT2D eigenvalue weighted by Gasteiger charge is -2.33. The van der Waals surface area contributed by atoms with Crippen LogP contribution in [0.5, 0.6) is 11.5 Å². The minimum atomic E-state index is -4.32. The van der Waals surface area contributed by atoms with Gasteiger partial charge in [0.05, 0.1) is 11.4 Å². The number of allylic oxidation sites excluding steroid dienone is 1. The Balaban J connectivity index is 1.73. The summed E-state index contributed by atoms with van der Waals surface area (Å²) < 4.78 is 39.9. The van der Waals surface area contributed by atoms with Crippen LogP contribution in [-0.4, -0.2) is 41.1 Å². The number of guanidine groups is 1. The molecule has 3 rings (SSSR count). The summed E-state index contributed by atoms with van der Waals surface area (Å²) in [5, 5.41) is 18.7. The predicted octanol–water partition coefficient (Wildman–Crippen LogP) is 2.99. The fourth-order valence-electron chi connectivity index (χ4n) is 4.45. The molecule has 2 aromatic rings. The number of hydrogen-bond donors (Lipinski definition) is 5. The fraction of sp³-hybridized carbons (Fsp3) is 0.400. The van der Waals surface area contributed by atoms with E-state index in [1.54, 1.807) is 18.2 Å². The number of aryl methyl sites for hydroxylation is 1. The van der Waals surface area contributed by atoms with E-state index in [1.165, 1.54) is 18.2 Å². The van der Waals surface area contributed by atoms with Crippen molar-refractivity contribution in [3.63, 3.8) is 0 Å². The van der Waals surface area contributed by atoms with Crippen LogP contribution in [0.2, 0.25) is 0 Å². The maximum Gasteiger partial charge on any atom is 0.268 e. The van der Waals surface area contributed by atoms with E-state index < -0.39 is 21.5 Å². The number of rotatable bonds is 10. The van der Waals surface area contributed by atoms with Gasteiger partial charge in [-0.3, -0.25) is 4.55 Å². The highest BCUT2D eigenvalue weighted by Crippen LogP contribution is 2.41. The molecule has 9 nitrogen and oxygen atoms in total. The van der Waals surface area contributed by atoms with Crippen molar-refractivity contribution in [1.29, 1.82) is 0 Å². The molecule has 35 heavy (non-hydrogen) atoms. The summed E-state index contributed by atoms with van der Waals surface area (Å²) in [5.74, 6) is 0.822. The van der Waals surface area contributed by atoms with Crippen LogP contribution in [0.25, 0.3) is 0 Å². The number of phenols is 1. The largest absolute Gasteiger partial charge is 0.508 e. The van der Waals surface area contributed by atoms with Crippen molar-refractivity contribution in [2.45, 2.75) is 49.9 Å². The maximum absolute atomic E-state index is 12.2. The second-order valence-corrected chi connectivity index (χ2v) is 10.6. The summed E-state index contributed by atoms with van der Waals surface area (Å²) in [5.41, 5.74) is 13.3. The summed E-state index contributed by atoms with van der Waals surface area (Å²) in [4.78, 5) is 3.81. The molecule has 0 heterocycles. The molecule has 0 aliphatic heterocycles. The highest BCUT2D eigenvalue weighted by atomic mass is 32.2. The minimum absolute atomic E-state index is 0.00805. The van der Waals surface area contributed by atoms with E-state index in [1.807, 2.05) is 18.2 Å². The van der Waals surface area contributed by atoms with Crippen molar-refractivity contribution in [1.82, 2.24) is 0 Å². The zero-order chi connectivity index (χ0) is 25.6. The van der Waals surface area contributed by atoms with Crippen molar-refractivity contribution < 1.29 is 27.9 Å². The first-order valence-corrected chi connectivity index (χ1v) is 13.0. The first-order chi connectivity index (χ1) is 16.5. The Kier molecular flexibility index (Phi) is 8.76. The number of aromatic hydroxyl groups is 1. The van der Waals surface area contributed by atoms with E-state index in [0.717, 1.165) is 24.0 Å². The summed E-state index contributed by atoms with van der Waals surface area (Å²) in [7, 11) is -4.32. The third kappa shape index (κ3) is 7.45. The van der Waals surface area contributed by atoms with Crippen molar-refractivity contribution in [2.75, 3.05) is 6.73 Å². The molecule has 1 aliphatic rings. The minimum Gasteiger partial charge on any atom is -0.508 e. The van der Waals surface area contributed by atoms with Crippen LogP contribution in [0.3, 0.4) is 0 Å². The third-order valence-electron chi connectivity index (χ3n) is 6.44. The van der Waals surface area contributed by atoms with Gasteiger partial charge in [-0.05, 0) is 78.5 Å². The molecule has 7 N–H and O–H groups in total. The van der Waals surface area contributed by atoms with Crippen LogP contribution < -0.4 is 16.2 Å². The summed E-state index contributed by atoms with van der Waals surface area (Å²) >= 11 is 0. The molecule has 2 aromatic carbocycles. The van der Waals surface area contributed by atoms with Crippen LogP contribution in [0, 0.1) is 5.92 Å². The first-order valence-electron chi connectivity index (χ1n) is 11.5. The number of benzene rings is 2. The Labute approximate surface area is 205 Å². The zero-order valence-electron chi connectivity index (χ0n) is 19.6. The molecule has 190 valence electrons. The third-order valence-corrected chi connectivity index (χ3v) is 7.67. The second-order valence-electron chi connectivity index (χ2n) is 8.91. The van der Waals surface area contributed by atoms with Gasteiger partial charge in [0.25, 0.3) is 10.1 Å². The van der Waals surface area contributed by atoms with E-state index in [4.69, 9.17) is 16.2 Å². The number of aliphatic hydroxyl groups excluding tert-OH is 1. The number of phenolic OH excluding ortho intramolecular Hbond substituents is 1. The Morgan fingerprint density at radius 2 is 1.94 bits per heavy atom. The van der Waals surface area contributed by atoms with Crippen molar-refractivity contribution in [3.05, 3.63) is 71.3 Å². The average molecular weight is 504 g/mol. The molecule has 0 saturated heterocycles. The predicted molar refractivity (Wildman–Crippen MR) is 135 cm³/mol.